The van der Waals surface area contributed by atoms with Gasteiger partial charge in [0.2, 0.25) is 11.1 Å². The monoisotopic (exact) mass is 609 g/mol. The number of nitrogens with one attached hydrogen (secondary N) is 1. The molecule has 3 aromatic heterocycles. The summed E-state index contributed by atoms with van der Waals surface area (Å²) in [5.74, 6) is 0.620. The molecule has 1 aliphatic heterocycles. The van der Waals surface area contributed by atoms with Crippen molar-refractivity contribution < 1.29 is 14.9 Å². The van der Waals surface area contributed by atoms with Gasteiger partial charge >= 0.3 is 0 Å². The summed E-state index contributed by atoms with van der Waals surface area (Å²) in [5.41, 5.74) is 4.05. The first kappa shape index (κ1) is 28.0. The molecule has 7 rings (SSSR count). The Labute approximate surface area is 257 Å². The van der Waals surface area contributed by atoms with Crippen molar-refractivity contribution in [3.63, 3.8) is 0 Å². The average molecular weight is 610 g/mol. The van der Waals surface area contributed by atoms with Crippen molar-refractivity contribution in [3.05, 3.63) is 125 Å². The van der Waals surface area contributed by atoms with Crippen molar-refractivity contribution in [2.45, 2.75) is 37.0 Å². The number of aliphatic hydroxyl groups excluding tert-OH is 2. The standard InChI is InChI=1S/C31H28ClN9O3/c32-31-35-27(33-16-22(20-12-6-2-7-13-20)21-14-8-3-9-15-21)23-29(36-31)40(18-34-23)30-25(43)24(42)26(44-30)28-37-39-41(38-28)17-19-10-4-1-5-11-19/h1-15,18,22,24-26,30,42-43H,16-17H2,(H,33,35,36)/t24-,25+,26-,30+/m0/s1. The first-order valence-electron chi connectivity index (χ1n) is 14.1. The van der Waals surface area contributed by atoms with Gasteiger partial charge in [-0.3, -0.25) is 4.57 Å². The molecule has 44 heavy (non-hydrogen) atoms. The summed E-state index contributed by atoms with van der Waals surface area (Å²) in [6.45, 7) is 0.909. The van der Waals surface area contributed by atoms with Crippen molar-refractivity contribution in [1.29, 1.82) is 0 Å². The van der Waals surface area contributed by atoms with Gasteiger partial charge < -0.3 is 20.3 Å². The van der Waals surface area contributed by atoms with E-state index in [9.17, 15) is 10.2 Å². The molecular formula is C31H28ClN9O3. The Kier molecular flexibility index (Phi) is 7.71. The lowest BCUT2D eigenvalue weighted by Crippen LogP contribution is -2.29. The van der Waals surface area contributed by atoms with E-state index in [0.717, 1.165) is 16.7 Å². The highest BCUT2D eigenvalue weighted by atomic mass is 35.5. The zero-order valence-electron chi connectivity index (χ0n) is 23.3. The predicted octanol–water partition coefficient (Wildman–Crippen LogP) is 3.75. The Bertz CT molecular complexity index is 1810. The van der Waals surface area contributed by atoms with Crippen LogP contribution in [0.2, 0.25) is 5.28 Å². The van der Waals surface area contributed by atoms with Crippen LogP contribution in [0.25, 0.3) is 11.2 Å². The van der Waals surface area contributed by atoms with Crippen LogP contribution in [0.5, 0.6) is 0 Å². The van der Waals surface area contributed by atoms with E-state index in [4.69, 9.17) is 16.3 Å². The number of imidazole rings is 1. The molecule has 222 valence electrons. The van der Waals surface area contributed by atoms with E-state index in [1.165, 1.54) is 15.7 Å². The van der Waals surface area contributed by atoms with Crippen LogP contribution in [0.3, 0.4) is 0 Å². The predicted molar refractivity (Wildman–Crippen MR) is 162 cm³/mol. The van der Waals surface area contributed by atoms with E-state index in [1.54, 1.807) is 0 Å². The second kappa shape index (κ2) is 12.1. The largest absolute Gasteiger partial charge is 0.387 e. The Morgan fingerprint density at radius 3 is 2.20 bits per heavy atom. The molecule has 4 heterocycles. The van der Waals surface area contributed by atoms with Crippen LogP contribution in [0.4, 0.5) is 5.82 Å². The molecule has 1 saturated heterocycles. The third-order valence-electron chi connectivity index (χ3n) is 7.67. The minimum atomic E-state index is -1.33. The Morgan fingerprint density at radius 2 is 1.52 bits per heavy atom. The number of nitrogens with zero attached hydrogens (tertiary/aromatic N) is 8. The van der Waals surface area contributed by atoms with Crippen LogP contribution in [0.15, 0.2) is 97.3 Å². The lowest BCUT2D eigenvalue weighted by atomic mass is 9.91. The fourth-order valence-corrected chi connectivity index (χ4v) is 5.65. The van der Waals surface area contributed by atoms with Crippen molar-refractivity contribution in [2.24, 2.45) is 0 Å². The van der Waals surface area contributed by atoms with Crippen molar-refractivity contribution >= 4 is 28.6 Å². The number of tetrazole rings is 1. The molecule has 0 bridgehead atoms. The smallest absolute Gasteiger partial charge is 0.226 e. The number of hydrogen-bond donors (Lipinski definition) is 3. The van der Waals surface area contributed by atoms with Gasteiger partial charge in [0.15, 0.2) is 29.3 Å². The fourth-order valence-electron chi connectivity index (χ4n) is 5.48. The molecule has 1 aliphatic rings. The van der Waals surface area contributed by atoms with E-state index in [2.05, 4.69) is 59.9 Å². The SMILES string of the molecule is O[C@@H]1[C@H](O)[C@@H](c2nnn(Cc3ccccc3)n2)O[C@H]1n1cnc2c(NCC(c3ccccc3)c3ccccc3)nc(Cl)nc21. The van der Waals surface area contributed by atoms with Crippen LogP contribution in [0, 0.1) is 0 Å². The molecule has 3 N–H and O–H groups in total. The summed E-state index contributed by atoms with van der Waals surface area (Å²) in [6.07, 6.45) is -3.23. The van der Waals surface area contributed by atoms with Crippen LogP contribution in [0.1, 0.15) is 40.8 Å². The number of rotatable bonds is 9. The minimum absolute atomic E-state index is 0.00664. The first-order chi connectivity index (χ1) is 21.5. The second-order valence-electron chi connectivity index (χ2n) is 10.5. The van der Waals surface area contributed by atoms with E-state index >= 15 is 0 Å². The summed E-state index contributed by atoms with van der Waals surface area (Å²) >= 11 is 6.38. The Balaban J connectivity index is 1.14. The van der Waals surface area contributed by atoms with E-state index in [0.29, 0.717) is 30.1 Å². The molecule has 0 unspecified atom stereocenters. The number of aromatic nitrogens is 8. The van der Waals surface area contributed by atoms with Crippen molar-refractivity contribution in [2.75, 3.05) is 11.9 Å². The third kappa shape index (κ3) is 5.51. The van der Waals surface area contributed by atoms with E-state index in [-0.39, 0.29) is 17.0 Å². The molecule has 1 fully saturated rings. The Morgan fingerprint density at radius 1 is 0.864 bits per heavy atom. The van der Waals surface area contributed by atoms with E-state index in [1.807, 2.05) is 66.7 Å². The maximum absolute atomic E-state index is 11.0. The van der Waals surface area contributed by atoms with Gasteiger partial charge in [0.05, 0.1) is 12.9 Å². The van der Waals surface area contributed by atoms with Gasteiger partial charge in [0.25, 0.3) is 0 Å². The maximum Gasteiger partial charge on any atom is 0.226 e. The summed E-state index contributed by atoms with van der Waals surface area (Å²) in [7, 11) is 0. The van der Waals surface area contributed by atoms with Gasteiger partial charge in [-0.05, 0) is 33.5 Å². The topological polar surface area (TPSA) is 149 Å². The van der Waals surface area contributed by atoms with Gasteiger partial charge in [0, 0.05) is 12.5 Å². The molecule has 0 spiro atoms. The van der Waals surface area contributed by atoms with Crippen molar-refractivity contribution in [3.8, 4) is 0 Å². The number of halogens is 1. The van der Waals surface area contributed by atoms with Crippen LogP contribution in [-0.2, 0) is 11.3 Å². The average Bonchev–Trinajstić information content (AvgIpc) is 3.76. The number of benzene rings is 3. The molecule has 0 radical (unpaired) electrons. The lowest BCUT2D eigenvalue weighted by Gasteiger charge is -2.19. The van der Waals surface area contributed by atoms with E-state index < -0.39 is 24.5 Å². The van der Waals surface area contributed by atoms with Crippen molar-refractivity contribution in [1.82, 2.24) is 39.7 Å². The molecular weight excluding hydrogens is 582 g/mol. The third-order valence-corrected chi connectivity index (χ3v) is 7.84. The molecule has 13 heteroatoms. The molecule has 3 aromatic carbocycles. The molecule has 6 aromatic rings. The molecule has 0 aliphatic carbocycles. The highest BCUT2D eigenvalue weighted by Gasteiger charge is 2.47. The molecule has 0 amide bonds. The quantitative estimate of drug-likeness (QED) is 0.207. The summed E-state index contributed by atoms with van der Waals surface area (Å²) in [5, 5.41) is 37.9. The number of fused-ring (bicyclic) bond motifs is 1. The summed E-state index contributed by atoms with van der Waals surface area (Å²) in [4.78, 5) is 14.7. The van der Waals surface area contributed by atoms with Gasteiger partial charge in [-0.25, -0.2) is 4.98 Å². The van der Waals surface area contributed by atoms with Gasteiger partial charge in [-0.15, -0.1) is 10.2 Å². The second-order valence-corrected chi connectivity index (χ2v) is 10.9. The summed E-state index contributed by atoms with van der Waals surface area (Å²) < 4.78 is 7.63. The van der Waals surface area contributed by atoms with Crippen LogP contribution < -0.4 is 5.32 Å². The molecule has 12 nitrogen and oxygen atoms in total. The molecule has 0 saturated carbocycles. The highest BCUT2D eigenvalue weighted by Crippen LogP contribution is 2.39. The lowest BCUT2D eigenvalue weighted by molar-refractivity contribution is -0.0384. The fraction of sp³-hybridized carbons (Fsp3) is 0.226. The zero-order chi connectivity index (χ0) is 30.0. The number of aliphatic hydroxyl groups is 2. The first-order valence-corrected chi connectivity index (χ1v) is 14.5. The zero-order valence-corrected chi connectivity index (χ0v) is 24.1. The van der Waals surface area contributed by atoms with Crippen LogP contribution in [-0.4, -0.2) is 68.7 Å². The Hall–Kier alpha value is -4.75. The van der Waals surface area contributed by atoms with Gasteiger partial charge in [-0.2, -0.15) is 14.8 Å². The number of ether oxygens (including phenoxy) is 1. The van der Waals surface area contributed by atoms with Crippen LogP contribution >= 0.6 is 11.6 Å². The maximum atomic E-state index is 11.0. The number of anilines is 1. The van der Waals surface area contributed by atoms with Gasteiger partial charge in [0.1, 0.15) is 12.2 Å². The minimum Gasteiger partial charge on any atom is -0.387 e. The van der Waals surface area contributed by atoms with Gasteiger partial charge in [-0.1, -0.05) is 91.0 Å². The molecule has 4 atom stereocenters. The summed E-state index contributed by atoms with van der Waals surface area (Å²) in [6, 6.07) is 30.1. The number of hydrogen-bond acceptors (Lipinski definition) is 10. The normalized spacial score (nSPS) is 20.0. The highest BCUT2D eigenvalue weighted by molar-refractivity contribution is 6.28.